The van der Waals surface area contributed by atoms with E-state index in [1.165, 1.54) is 12.1 Å². The molecule has 2 rings (SSSR count). The van der Waals surface area contributed by atoms with Crippen molar-refractivity contribution in [2.45, 2.75) is 6.92 Å². The fourth-order valence-electron chi connectivity index (χ4n) is 1.76. The maximum absolute atomic E-state index is 13.5. The van der Waals surface area contributed by atoms with Gasteiger partial charge in [-0.25, -0.2) is 4.39 Å². The molecule has 0 aliphatic carbocycles. The lowest BCUT2D eigenvalue weighted by Crippen LogP contribution is -2.06. The molecule has 0 saturated carbocycles. The standard InChI is InChI=1S/C15H12BrFO2/c1-2-19-13-9-4-3-6-10(13)15(18)11-7-5-8-12(17)14(11)16/h3-9H,2H2,1H3. The highest BCUT2D eigenvalue weighted by atomic mass is 79.9. The van der Waals surface area contributed by atoms with Gasteiger partial charge in [-0.15, -0.1) is 0 Å². The Balaban J connectivity index is 2.47. The molecule has 0 heterocycles. The van der Waals surface area contributed by atoms with Crippen molar-refractivity contribution < 1.29 is 13.9 Å². The van der Waals surface area contributed by atoms with Crippen LogP contribution >= 0.6 is 15.9 Å². The fraction of sp³-hybridized carbons (Fsp3) is 0.133. The van der Waals surface area contributed by atoms with Crippen LogP contribution in [0.1, 0.15) is 22.8 Å². The van der Waals surface area contributed by atoms with Gasteiger partial charge in [0, 0.05) is 5.56 Å². The molecule has 0 unspecified atom stereocenters. The van der Waals surface area contributed by atoms with Gasteiger partial charge in [-0.2, -0.15) is 0 Å². The first-order valence-corrected chi connectivity index (χ1v) is 6.65. The van der Waals surface area contributed by atoms with Crippen LogP contribution in [0.25, 0.3) is 0 Å². The van der Waals surface area contributed by atoms with E-state index in [2.05, 4.69) is 15.9 Å². The maximum Gasteiger partial charge on any atom is 0.197 e. The number of ether oxygens (including phenoxy) is 1. The van der Waals surface area contributed by atoms with Crippen LogP contribution in [0, 0.1) is 5.82 Å². The van der Waals surface area contributed by atoms with Crippen molar-refractivity contribution in [3.8, 4) is 5.75 Å². The van der Waals surface area contributed by atoms with Gasteiger partial charge < -0.3 is 4.74 Å². The monoisotopic (exact) mass is 322 g/mol. The number of hydrogen-bond donors (Lipinski definition) is 0. The number of carbonyl (C=O) groups is 1. The topological polar surface area (TPSA) is 26.3 Å². The van der Waals surface area contributed by atoms with E-state index in [9.17, 15) is 9.18 Å². The fourth-order valence-corrected chi connectivity index (χ4v) is 2.20. The first kappa shape index (κ1) is 13.7. The highest BCUT2D eigenvalue weighted by Crippen LogP contribution is 2.27. The van der Waals surface area contributed by atoms with E-state index in [1.54, 1.807) is 30.3 Å². The third kappa shape index (κ3) is 2.84. The molecule has 0 spiro atoms. The van der Waals surface area contributed by atoms with E-state index in [1.807, 2.05) is 6.92 Å². The number of para-hydroxylation sites is 1. The SMILES string of the molecule is CCOc1ccccc1C(=O)c1cccc(F)c1Br. The molecule has 98 valence electrons. The zero-order valence-electron chi connectivity index (χ0n) is 10.3. The van der Waals surface area contributed by atoms with Crippen molar-refractivity contribution in [3.63, 3.8) is 0 Å². The molecule has 2 nitrogen and oxygen atoms in total. The van der Waals surface area contributed by atoms with Gasteiger partial charge in [0.15, 0.2) is 5.78 Å². The van der Waals surface area contributed by atoms with Gasteiger partial charge in [-0.05, 0) is 47.1 Å². The minimum Gasteiger partial charge on any atom is -0.493 e. The van der Waals surface area contributed by atoms with Crippen LogP contribution in [0.15, 0.2) is 46.9 Å². The Morgan fingerprint density at radius 1 is 1.16 bits per heavy atom. The van der Waals surface area contributed by atoms with E-state index in [0.29, 0.717) is 17.9 Å². The maximum atomic E-state index is 13.5. The van der Waals surface area contributed by atoms with Crippen LogP contribution in [0.3, 0.4) is 0 Å². The van der Waals surface area contributed by atoms with Crippen molar-refractivity contribution in [3.05, 3.63) is 63.9 Å². The van der Waals surface area contributed by atoms with Crippen molar-refractivity contribution >= 4 is 21.7 Å². The first-order chi connectivity index (χ1) is 9.15. The lowest BCUT2D eigenvalue weighted by atomic mass is 10.0. The van der Waals surface area contributed by atoms with E-state index in [-0.39, 0.29) is 15.8 Å². The van der Waals surface area contributed by atoms with Gasteiger partial charge >= 0.3 is 0 Å². The Morgan fingerprint density at radius 2 is 1.84 bits per heavy atom. The Kier molecular flexibility index (Phi) is 4.32. The van der Waals surface area contributed by atoms with Gasteiger partial charge in [0.1, 0.15) is 11.6 Å². The molecule has 0 atom stereocenters. The molecule has 0 fully saturated rings. The van der Waals surface area contributed by atoms with Crippen molar-refractivity contribution in [1.29, 1.82) is 0 Å². The number of halogens is 2. The van der Waals surface area contributed by atoms with Gasteiger partial charge in [0.25, 0.3) is 0 Å². The largest absolute Gasteiger partial charge is 0.493 e. The molecule has 2 aromatic carbocycles. The third-order valence-electron chi connectivity index (χ3n) is 2.63. The molecule has 0 radical (unpaired) electrons. The molecule has 0 N–H and O–H groups in total. The molecule has 0 aliphatic heterocycles. The predicted octanol–water partition coefficient (Wildman–Crippen LogP) is 4.22. The van der Waals surface area contributed by atoms with E-state index in [4.69, 9.17) is 4.74 Å². The quantitative estimate of drug-likeness (QED) is 0.788. The molecule has 4 heteroatoms. The summed E-state index contributed by atoms with van der Waals surface area (Å²) in [6.45, 7) is 2.31. The van der Waals surface area contributed by atoms with Crippen LogP contribution in [0.4, 0.5) is 4.39 Å². The number of carbonyl (C=O) groups excluding carboxylic acids is 1. The Labute approximate surface area is 119 Å². The molecular weight excluding hydrogens is 311 g/mol. The molecular formula is C15H12BrFO2. The van der Waals surface area contributed by atoms with Gasteiger partial charge in [-0.1, -0.05) is 18.2 Å². The van der Waals surface area contributed by atoms with E-state index in [0.717, 1.165) is 0 Å². The number of benzene rings is 2. The second-order valence-electron chi connectivity index (χ2n) is 3.86. The van der Waals surface area contributed by atoms with Crippen LogP contribution in [0.2, 0.25) is 0 Å². The van der Waals surface area contributed by atoms with Crippen LogP contribution < -0.4 is 4.74 Å². The summed E-state index contributed by atoms with van der Waals surface area (Å²) < 4.78 is 19.1. The smallest absolute Gasteiger partial charge is 0.197 e. The molecule has 0 bridgehead atoms. The number of ketones is 1. The molecule has 0 amide bonds. The van der Waals surface area contributed by atoms with Crippen molar-refractivity contribution in [1.82, 2.24) is 0 Å². The van der Waals surface area contributed by atoms with Crippen LogP contribution in [-0.2, 0) is 0 Å². The molecule has 0 saturated heterocycles. The Bertz CT molecular complexity index is 611. The van der Waals surface area contributed by atoms with Gasteiger partial charge in [0.05, 0.1) is 16.6 Å². The third-order valence-corrected chi connectivity index (χ3v) is 3.43. The lowest BCUT2D eigenvalue weighted by Gasteiger charge is -2.10. The van der Waals surface area contributed by atoms with E-state index < -0.39 is 5.82 Å². The normalized spacial score (nSPS) is 10.3. The summed E-state index contributed by atoms with van der Waals surface area (Å²) in [7, 11) is 0. The van der Waals surface area contributed by atoms with Crippen LogP contribution in [0.5, 0.6) is 5.75 Å². The Morgan fingerprint density at radius 3 is 2.58 bits per heavy atom. The van der Waals surface area contributed by atoms with E-state index >= 15 is 0 Å². The summed E-state index contributed by atoms with van der Waals surface area (Å²) in [5.41, 5.74) is 0.711. The zero-order chi connectivity index (χ0) is 13.8. The van der Waals surface area contributed by atoms with Crippen molar-refractivity contribution in [2.24, 2.45) is 0 Å². The summed E-state index contributed by atoms with van der Waals surface area (Å²) >= 11 is 3.10. The highest BCUT2D eigenvalue weighted by molar-refractivity contribution is 9.10. The predicted molar refractivity (Wildman–Crippen MR) is 75.1 cm³/mol. The zero-order valence-corrected chi connectivity index (χ0v) is 11.9. The van der Waals surface area contributed by atoms with Gasteiger partial charge in [-0.3, -0.25) is 4.79 Å². The summed E-state index contributed by atoms with van der Waals surface area (Å²) in [5.74, 6) is -0.221. The summed E-state index contributed by atoms with van der Waals surface area (Å²) in [4.78, 5) is 12.4. The minimum absolute atomic E-state index is 0.173. The second kappa shape index (κ2) is 5.97. The first-order valence-electron chi connectivity index (χ1n) is 5.85. The number of hydrogen-bond acceptors (Lipinski definition) is 2. The lowest BCUT2D eigenvalue weighted by molar-refractivity contribution is 0.103. The number of rotatable bonds is 4. The molecule has 2 aromatic rings. The Hall–Kier alpha value is -1.68. The van der Waals surface area contributed by atoms with Gasteiger partial charge in [0.2, 0.25) is 0 Å². The molecule has 19 heavy (non-hydrogen) atoms. The van der Waals surface area contributed by atoms with Crippen LogP contribution in [-0.4, -0.2) is 12.4 Å². The minimum atomic E-state index is -0.459. The highest BCUT2D eigenvalue weighted by Gasteiger charge is 2.18. The molecule has 0 aromatic heterocycles. The average molecular weight is 323 g/mol. The van der Waals surface area contributed by atoms with Crippen molar-refractivity contribution in [2.75, 3.05) is 6.61 Å². The molecule has 0 aliphatic rings. The summed E-state index contributed by atoms with van der Waals surface area (Å²) in [5, 5.41) is 0. The summed E-state index contributed by atoms with van der Waals surface area (Å²) in [6.07, 6.45) is 0. The summed E-state index contributed by atoms with van der Waals surface area (Å²) in [6, 6.07) is 11.3. The average Bonchev–Trinajstić information content (AvgIpc) is 2.42. The second-order valence-corrected chi connectivity index (χ2v) is 4.65.